The van der Waals surface area contributed by atoms with Crippen LogP contribution in [0.25, 0.3) is 0 Å². The van der Waals surface area contributed by atoms with Crippen molar-refractivity contribution in [1.82, 2.24) is 5.32 Å². The molecule has 0 saturated heterocycles. The number of aliphatic carboxylic acids is 1. The summed E-state index contributed by atoms with van der Waals surface area (Å²) < 4.78 is 12.9. The van der Waals surface area contributed by atoms with E-state index in [1.807, 2.05) is 6.92 Å². The molecule has 0 saturated carbocycles. The first-order valence-electron chi connectivity index (χ1n) is 6.58. The van der Waals surface area contributed by atoms with Gasteiger partial charge < -0.3 is 10.4 Å². The van der Waals surface area contributed by atoms with Crippen LogP contribution in [0.3, 0.4) is 0 Å². The van der Waals surface area contributed by atoms with Gasteiger partial charge in [0.05, 0.1) is 5.92 Å². The van der Waals surface area contributed by atoms with Crippen LogP contribution in [0.1, 0.15) is 25.0 Å². The Bertz CT molecular complexity index is 502. The summed E-state index contributed by atoms with van der Waals surface area (Å²) in [5.74, 6) is -2.84. The van der Waals surface area contributed by atoms with E-state index in [4.69, 9.17) is 5.11 Å². The molecule has 0 aliphatic carbocycles. The second kappa shape index (κ2) is 7.03. The Morgan fingerprint density at radius 2 is 1.95 bits per heavy atom. The Labute approximate surface area is 118 Å². The molecule has 1 rings (SSSR count). The average molecular weight is 281 g/mol. The van der Waals surface area contributed by atoms with Gasteiger partial charge in [0.15, 0.2) is 0 Å². The van der Waals surface area contributed by atoms with Crippen molar-refractivity contribution < 1.29 is 19.1 Å². The molecule has 110 valence electrons. The third kappa shape index (κ3) is 4.33. The van der Waals surface area contributed by atoms with Crippen LogP contribution in [0.4, 0.5) is 4.39 Å². The summed E-state index contributed by atoms with van der Waals surface area (Å²) in [6.07, 6.45) is 0.589. The summed E-state index contributed by atoms with van der Waals surface area (Å²) in [5.41, 5.74) is 1.80. The van der Waals surface area contributed by atoms with Gasteiger partial charge in [-0.1, -0.05) is 19.9 Å². The molecule has 0 heterocycles. The van der Waals surface area contributed by atoms with Crippen molar-refractivity contribution in [3.63, 3.8) is 0 Å². The zero-order valence-corrected chi connectivity index (χ0v) is 11.9. The van der Waals surface area contributed by atoms with E-state index in [-0.39, 0.29) is 11.7 Å². The zero-order valence-electron chi connectivity index (χ0n) is 11.9. The minimum atomic E-state index is -0.984. The van der Waals surface area contributed by atoms with Crippen LogP contribution in [-0.4, -0.2) is 23.5 Å². The summed E-state index contributed by atoms with van der Waals surface area (Å²) in [7, 11) is 0. The SMILES string of the molecule is Cc1cc(F)ccc1CCNC(=O)C(C)C(C)C(=O)O. The molecule has 1 aromatic carbocycles. The van der Waals surface area contributed by atoms with Crippen LogP contribution in [0.5, 0.6) is 0 Å². The molecule has 0 bridgehead atoms. The molecule has 2 N–H and O–H groups in total. The van der Waals surface area contributed by atoms with E-state index in [0.717, 1.165) is 11.1 Å². The molecule has 0 aliphatic heterocycles. The molecule has 0 spiro atoms. The largest absolute Gasteiger partial charge is 0.481 e. The third-order valence-corrected chi connectivity index (χ3v) is 3.55. The second-order valence-electron chi connectivity index (χ2n) is 5.03. The van der Waals surface area contributed by atoms with Crippen molar-refractivity contribution in [3.05, 3.63) is 35.1 Å². The van der Waals surface area contributed by atoms with Gasteiger partial charge in [-0.25, -0.2) is 4.39 Å². The number of benzene rings is 1. The number of carboxylic acid groups (broad SMARTS) is 1. The molecule has 4 nitrogen and oxygen atoms in total. The molecule has 20 heavy (non-hydrogen) atoms. The summed E-state index contributed by atoms with van der Waals surface area (Å²) in [4.78, 5) is 22.6. The molecule has 0 fully saturated rings. The number of carbonyl (C=O) groups excluding carboxylic acids is 1. The topological polar surface area (TPSA) is 66.4 Å². The Morgan fingerprint density at radius 3 is 2.50 bits per heavy atom. The van der Waals surface area contributed by atoms with E-state index in [2.05, 4.69) is 5.32 Å². The predicted molar refractivity (Wildman–Crippen MR) is 73.8 cm³/mol. The van der Waals surface area contributed by atoms with Crippen molar-refractivity contribution >= 4 is 11.9 Å². The molecule has 2 unspecified atom stereocenters. The predicted octanol–water partition coefficient (Wildman–Crippen LogP) is 2.15. The van der Waals surface area contributed by atoms with E-state index in [1.54, 1.807) is 13.0 Å². The van der Waals surface area contributed by atoms with E-state index < -0.39 is 17.8 Å². The second-order valence-corrected chi connectivity index (χ2v) is 5.03. The number of aryl methyl sites for hydroxylation is 1. The molecule has 0 aromatic heterocycles. The maximum atomic E-state index is 12.9. The van der Waals surface area contributed by atoms with Gasteiger partial charge in [-0.05, 0) is 36.6 Å². The Hall–Kier alpha value is -1.91. The fraction of sp³-hybridized carbons (Fsp3) is 0.467. The normalized spacial score (nSPS) is 13.6. The number of carbonyl (C=O) groups is 2. The van der Waals surface area contributed by atoms with Crippen LogP contribution in [0.15, 0.2) is 18.2 Å². The summed E-state index contributed by atoms with van der Waals surface area (Å²) >= 11 is 0. The molecule has 1 amide bonds. The van der Waals surface area contributed by atoms with Crippen LogP contribution < -0.4 is 5.32 Å². The molecule has 0 aliphatic rings. The van der Waals surface area contributed by atoms with Crippen molar-refractivity contribution in [2.24, 2.45) is 11.8 Å². The number of nitrogens with one attached hydrogen (secondary N) is 1. The Balaban J connectivity index is 2.48. The maximum Gasteiger partial charge on any atom is 0.307 e. The lowest BCUT2D eigenvalue weighted by molar-refractivity contribution is -0.146. The van der Waals surface area contributed by atoms with Crippen molar-refractivity contribution in [2.45, 2.75) is 27.2 Å². The number of carboxylic acids is 1. The summed E-state index contributed by atoms with van der Waals surface area (Å²) in [6, 6.07) is 4.53. The number of halogens is 1. The van der Waals surface area contributed by atoms with E-state index >= 15 is 0 Å². The minimum Gasteiger partial charge on any atom is -0.481 e. The zero-order chi connectivity index (χ0) is 15.3. The van der Waals surface area contributed by atoms with Gasteiger partial charge in [0.25, 0.3) is 0 Å². The number of amides is 1. The fourth-order valence-electron chi connectivity index (χ4n) is 1.86. The number of hydrogen-bond acceptors (Lipinski definition) is 2. The van der Waals surface area contributed by atoms with Crippen molar-refractivity contribution in [2.75, 3.05) is 6.54 Å². The van der Waals surface area contributed by atoms with Crippen LogP contribution in [-0.2, 0) is 16.0 Å². The summed E-state index contributed by atoms with van der Waals surface area (Å²) in [5, 5.41) is 11.6. The van der Waals surface area contributed by atoms with Gasteiger partial charge in [0.1, 0.15) is 5.82 Å². The van der Waals surface area contributed by atoms with Gasteiger partial charge in [0.2, 0.25) is 5.91 Å². The lowest BCUT2D eigenvalue weighted by atomic mass is 9.95. The first-order valence-corrected chi connectivity index (χ1v) is 6.58. The van der Waals surface area contributed by atoms with Crippen LogP contribution in [0.2, 0.25) is 0 Å². The molecular weight excluding hydrogens is 261 g/mol. The molecule has 1 aromatic rings. The molecular formula is C15H20FNO3. The van der Waals surface area contributed by atoms with Gasteiger partial charge in [-0.3, -0.25) is 9.59 Å². The highest BCUT2D eigenvalue weighted by atomic mass is 19.1. The van der Waals surface area contributed by atoms with Gasteiger partial charge >= 0.3 is 5.97 Å². The van der Waals surface area contributed by atoms with Crippen LogP contribution >= 0.6 is 0 Å². The maximum absolute atomic E-state index is 12.9. The van der Waals surface area contributed by atoms with Gasteiger partial charge in [0, 0.05) is 12.5 Å². The van der Waals surface area contributed by atoms with Gasteiger partial charge in [-0.2, -0.15) is 0 Å². The average Bonchev–Trinajstić information content (AvgIpc) is 2.39. The first kappa shape index (κ1) is 16.1. The molecule has 0 radical (unpaired) electrons. The Kier molecular flexibility index (Phi) is 5.67. The minimum absolute atomic E-state index is 0.278. The van der Waals surface area contributed by atoms with Crippen molar-refractivity contribution in [3.8, 4) is 0 Å². The smallest absolute Gasteiger partial charge is 0.307 e. The van der Waals surface area contributed by atoms with Crippen LogP contribution in [0, 0.1) is 24.6 Å². The van der Waals surface area contributed by atoms with Crippen molar-refractivity contribution in [1.29, 1.82) is 0 Å². The van der Waals surface area contributed by atoms with E-state index in [1.165, 1.54) is 19.1 Å². The molecule has 5 heteroatoms. The lowest BCUT2D eigenvalue weighted by Gasteiger charge is -2.16. The lowest BCUT2D eigenvalue weighted by Crippen LogP contribution is -2.36. The number of rotatable bonds is 6. The third-order valence-electron chi connectivity index (χ3n) is 3.55. The first-order chi connectivity index (χ1) is 9.32. The van der Waals surface area contributed by atoms with Gasteiger partial charge in [-0.15, -0.1) is 0 Å². The standard InChI is InChI=1S/C15H20FNO3/c1-9-8-13(16)5-4-12(9)6-7-17-14(18)10(2)11(3)15(19)20/h4-5,8,10-11H,6-7H2,1-3H3,(H,17,18)(H,19,20). The molecule has 2 atom stereocenters. The van der Waals surface area contributed by atoms with E-state index in [9.17, 15) is 14.0 Å². The fourth-order valence-corrected chi connectivity index (χ4v) is 1.86. The highest BCUT2D eigenvalue weighted by Gasteiger charge is 2.25. The highest BCUT2D eigenvalue weighted by molar-refractivity contribution is 5.84. The van der Waals surface area contributed by atoms with E-state index in [0.29, 0.717) is 13.0 Å². The number of hydrogen-bond donors (Lipinski definition) is 2. The highest BCUT2D eigenvalue weighted by Crippen LogP contribution is 2.12. The quantitative estimate of drug-likeness (QED) is 0.839. The Morgan fingerprint density at radius 1 is 1.30 bits per heavy atom. The monoisotopic (exact) mass is 281 g/mol. The summed E-state index contributed by atoms with van der Waals surface area (Å²) in [6.45, 7) is 5.32.